The number of carbonyl (C=O) groups excluding carboxylic acids is 1. The minimum absolute atomic E-state index is 0.0946. The van der Waals surface area contributed by atoms with Crippen molar-refractivity contribution >= 4 is 5.91 Å². The lowest BCUT2D eigenvalue weighted by Gasteiger charge is -2.29. The van der Waals surface area contributed by atoms with Gasteiger partial charge in [0, 0.05) is 26.2 Å². The van der Waals surface area contributed by atoms with Crippen molar-refractivity contribution in [2.75, 3.05) is 13.2 Å². The molecule has 1 amide bonds. The average Bonchev–Trinajstić information content (AvgIpc) is 3.56. The summed E-state index contributed by atoms with van der Waals surface area (Å²) < 4.78 is 5.92. The Bertz CT molecular complexity index is 897. The molecule has 0 atom stereocenters. The zero-order valence-electron chi connectivity index (χ0n) is 16.7. The third-order valence-corrected chi connectivity index (χ3v) is 5.61. The van der Waals surface area contributed by atoms with Crippen LogP contribution in [0.2, 0.25) is 0 Å². The molecule has 0 radical (unpaired) electrons. The van der Waals surface area contributed by atoms with E-state index in [0.29, 0.717) is 6.54 Å². The number of ether oxygens (including phenoxy) is 1. The first-order valence-electron chi connectivity index (χ1n) is 10.4. The van der Waals surface area contributed by atoms with Crippen molar-refractivity contribution in [3.05, 3.63) is 64.7 Å². The van der Waals surface area contributed by atoms with Crippen molar-refractivity contribution in [1.82, 2.24) is 10.2 Å². The second kappa shape index (κ2) is 9.11. The van der Waals surface area contributed by atoms with Gasteiger partial charge in [0.2, 0.25) is 5.91 Å². The van der Waals surface area contributed by atoms with Crippen LogP contribution < -0.4 is 10.1 Å². The summed E-state index contributed by atoms with van der Waals surface area (Å²) in [5.74, 6) is 1.56. The number of hydrogen-bond acceptors (Lipinski definition) is 4. The van der Waals surface area contributed by atoms with Gasteiger partial charge in [0.25, 0.3) is 0 Å². The Balaban J connectivity index is 1.28. The number of nitriles is 1. The molecule has 1 fully saturated rings. The smallest absolute Gasteiger partial charge is 0.234 e. The van der Waals surface area contributed by atoms with E-state index in [9.17, 15) is 4.79 Å². The maximum absolute atomic E-state index is 11.4. The third kappa shape index (κ3) is 5.58. The molecule has 5 heteroatoms. The molecule has 2 aromatic carbocycles. The molecule has 0 aromatic heterocycles. The molecule has 29 heavy (non-hydrogen) atoms. The first-order chi connectivity index (χ1) is 14.2. The van der Waals surface area contributed by atoms with Crippen LogP contribution in [0.3, 0.4) is 0 Å². The van der Waals surface area contributed by atoms with Crippen molar-refractivity contribution in [1.29, 1.82) is 5.26 Å². The van der Waals surface area contributed by atoms with Gasteiger partial charge in [-0.1, -0.05) is 30.3 Å². The van der Waals surface area contributed by atoms with E-state index in [1.165, 1.54) is 29.5 Å². The fraction of sp³-hybridized carbons (Fsp3) is 0.417. The van der Waals surface area contributed by atoms with E-state index in [1.54, 1.807) is 0 Å². The molecular weight excluding hydrogens is 362 g/mol. The van der Waals surface area contributed by atoms with E-state index in [1.807, 2.05) is 18.2 Å². The highest BCUT2D eigenvalue weighted by Crippen LogP contribution is 2.30. The third-order valence-electron chi connectivity index (χ3n) is 5.61. The lowest BCUT2D eigenvalue weighted by atomic mass is 9.99. The second-order valence-electron chi connectivity index (χ2n) is 8.07. The Morgan fingerprint density at radius 2 is 1.93 bits per heavy atom. The van der Waals surface area contributed by atoms with E-state index < -0.39 is 0 Å². The Morgan fingerprint density at radius 1 is 1.14 bits per heavy atom. The van der Waals surface area contributed by atoms with Gasteiger partial charge in [-0.05, 0) is 59.6 Å². The highest BCUT2D eigenvalue weighted by Gasteiger charge is 2.22. The lowest BCUT2D eigenvalue weighted by molar-refractivity contribution is -0.120. The number of benzene rings is 2. The van der Waals surface area contributed by atoms with Crippen LogP contribution >= 0.6 is 0 Å². The molecule has 5 nitrogen and oxygen atoms in total. The van der Waals surface area contributed by atoms with Crippen LogP contribution in [0.25, 0.3) is 0 Å². The molecule has 1 saturated carbocycles. The number of carbonyl (C=O) groups is 1. The predicted octanol–water partition coefficient (Wildman–Crippen LogP) is 3.56. The Labute approximate surface area is 172 Å². The van der Waals surface area contributed by atoms with Gasteiger partial charge in [-0.25, -0.2) is 0 Å². The molecule has 4 rings (SSSR count). The largest absolute Gasteiger partial charge is 0.493 e. The highest BCUT2D eigenvalue weighted by atomic mass is 16.5. The first kappa shape index (κ1) is 19.5. The van der Waals surface area contributed by atoms with E-state index in [4.69, 9.17) is 10.00 Å². The summed E-state index contributed by atoms with van der Waals surface area (Å²) in [5.41, 5.74) is 5.12. The number of amides is 1. The molecule has 1 aliphatic heterocycles. The summed E-state index contributed by atoms with van der Waals surface area (Å²) in [6.45, 7) is 4.25. The fourth-order valence-electron chi connectivity index (χ4n) is 3.67. The molecule has 150 valence electrons. The minimum atomic E-state index is -0.232. The van der Waals surface area contributed by atoms with Gasteiger partial charge >= 0.3 is 0 Å². The van der Waals surface area contributed by atoms with Gasteiger partial charge in [0.1, 0.15) is 12.2 Å². The van der Waals surface area contributed by atoms with Crippen LogP contribution in [0, 0.1) is 17.2 Å². The van der Waals surface area contributed by atoms with Gasteiger partial charge in [-0.3, -0.25) is 9.69 Å². The SMILES string of the molecule is N#CCC(=O)NCc1ccc(CN2CCc3cc(OCC4CC4)ccc3C2)cc1. The molecule has 0 spiro atoms. The lowest BCUT2D eigenvalue weighted by Crippen LogP contribution is -2.30. The first-order valence-corrected chi connectivity index (χ1v) is 10.4. The molecule has 1 aliphatic carbocycles. The maximum atomic E-state index is 11.4. The molecule has 2 aliphatic rings. The van der Waals surface area contributed by atoms with E-state index >= 15 is 0 Å². The van der Waals surface area contributed by atoms with Gasteiger partial charge in [0.05, 0.1) is 12.7 Å². The minimum Gasteiger partial charge on any atom is -0.493 e. The molecule has 0 unspecified atom stereocenters. The predicted molar refractivity (Wildman–Crippen MR) is 111 cm³/mol. The average molecular weight is 389 g/mol. The summed E-state index contributed by atoms with van der Waals surface area (Å²) in [4.78, 5) is 13.9. The second-order valence-corrected chi connectivity index (χ2v) is 8.07. The Morgan fingerprint density at radius 3 is 2.69 bits per heavy atom. The van der Waals surface area contributed by atoms with Crippen molar-refractivity contribution in [3.63, 3.8) is 0 Å². The number of nitrogens with zero attached hydrogens (tertiary/aromatic N) is 2. The normalized spacial score (nSPS) is 16.0. The monoisotopic (exact) mass is 389 g/mol. The molecule has 1 N–H and O–H groups in total. The van der Waals surface area contributed by atoms with Crippen molar-refractivity contribution < 1.29 is 9.53 Å². The molecule has 0 bridgehead atoms. The van der Waals surface area contributed by atoms with Crippen LogP contribution in [0.4, 0.5) is 0 Å². The van der Waals surface area contributed by atoms with Gasteiger partial charge < -0.3 is 10.1 Å². The zero-order valence-corrected chi connectivity index (χ0v) is 16.7. The number of nitrogens with one attached hydrogen (secondary N) is 1. The van der Waals surface area contributed by atoms with Crippen molar-refractivity contribution in [2.24, 2.45) is 5.92 Å². The van der Waals surface area contributed by atoms with Crippen molar-refractivity contribution in [2.45, 2.75) is 45.3 Å². The highest BCUT2D eigenvalue weighted by molar-refractivity contribution is 5.77. The maximum Gasteiger partial charge on any atom is 0.234 e. The number of fused-ring (bicyclic) bond motifs is 1. The Hall–Kier alpha value is -2.84. The standard InChI is InChI=1S/C24H27N3O2/c25-11-9-24(28)26-14-18-1-3-19(4-2-18)15-27-12-10-21-13-23(8-7-22(21)16-27)29-17-20-5-6-20/h1-4,7-8,13,20H,5-6,9-10,12,14-17H2,(H,26,28). The van der Waals surface area contributed by atoms with Crippen LogP contribution in [0.15, 0.2) is 42.5 Å². The summed E-state index contributed by atoms with van der Waals surface area (Å²) in [6, 6.07) is 16.7. The quantitative estimate of drug-likeness (QED) is 0.750. The molecule has 1 heterocycles. The summed E-state index contributed by atoms with van der Waals surface area (Å²) in [7, 11) is 0. The summed E-state index contributed by atoms with van der Waals surface area (Å²) in [6.07, 6.45) is 3.59. The summed E-state index contributed by atoms with van der Waals surface area (Å²) >= 11 is 0. The van der Waals surface area contributed by atoms with Crippen LogP contribution in [-0.2, 0) is 30.8 Å². The van der Waals surface area contributed by atoms with Gasteiger partial charge in [-0.15, -0.1) is 0 Å². The number of rotatable bonds is 8. The van der Waals surface area contributed by atoms with E-state index in [2.05, 4.69) is 40.5 Å². The molecular formula is C24H27N3O2. The van der Waals surface area contributed by atoms with Gasteiger partial charge in [-0.2, -0.15) is 5.26 Å². The van der Waals surface area contributed by atoms with Crippen LogP contribution in [-0.4, -0.2) is 24.0 Å². The molecule has 2 aromatic rings. The Kier molecular flexibility index (Phi) is 6.12. The summed E-state index contributed by atoms with van der Waals surface area (Å²) in [5, 5.41) is 11.3. The van der Waals surface area contributed by atoms with E-state index in [-0.39, 0.29) is 12.3 Å². The zero-order chi connectivity index (χ0) is 20.1. The van der Waals surface area contributed by atoms with Crippen molar-refractivity contribution in [3.8, 4) is 11.8 Å². The molecule has 0 saturated heterocycles. The number of hydrogen-bond donors (Lipinski definition) is 1. The van der Waals surface area contributed by atoms with E-state index in [0.717, 1.165) is 49.9 Å². The topological polar surface area (TPSA) is 65.4 Å². The van der Waals surface area contributed by atoms with Gasteiger partial charge in [0.15, 0.2) is 0 Å². The van der Waals surface area contributed by atoms with Crippen LogP contribution in [0.1, 0.15) is 41.5 Å². The fourth-order valence-corrected chi connectivity index (χ4v) is 3.67. The van der Waals surface area contributed by atoms with Crippen LogP contribution in [0.5, 0.6) is 5.75 Å².